The molecule has 2 unspecified atom stereocenters. The van der Waals surface area contributed by atoms with Crippen LogP contribution < -0.4 is 0 Å². The van der Waals surface area contributed by atoms with Gasteiger partial charge in [-0.15, -0.1) is 0 Å². The maximum absolute atomic E-state index is 10.7. The average molecular weight is 232 g/mol. The number of nitro groups is 1. The fourth-order valence-corrected chi connectivity index (χ4v) is 1.90. The molecule has 1 aromatic carbocycles. The van der Waals surface area contributed by atoms with E-state index in [9.17, 15) is 10.1 Å². The quantitative estimate of drug-likeness (QED) is 0.575. The second-order valence-corrected chi connectivity index (χ2v) is 4.21. The molecule has 0 amide bonds. The van der Waals surface area contributed by atoms with Crippen molar-refractivity contribution >= 4 is 5.69 Å². The Morgan fingerprint density at radius 1 is 1.53 bits per heavy atom. The van der Waals surface area contributed by atoms with Crippen molar-refractivity contribution in [1.29, 1.82) is 5.26 Å². The minimum atomic E-state index is -0.399. The van der Waals surface area contributed by atoms with E-state index in [1.54, 1.807) is 12.1 Å². The van der Waals surface area contributed by atoms with E-state index in [0.29, 0.717) is 12.3 Å². The Kier molecular flexibility index (Phi) is 4.65. The monoisotopic (exact) mass is 232 g/mol. The van der Waals surface area contributed by atoms with Crippen LogP contribution in [0.2, 0.25) is 0 Å². The number of nitriles is 1. The van der Waals surface area contributed by atoms with Crippen LogP contribution in [0.3, 0.4) is 0 Å². The van der Waals surface area contributed by atoms with Crippen molar-refractivity contribution in [3.63, 3.8) is 0 Å². The zero-order chi connectivity index (χ0) is 12.8. The molecule has 4 nitrogen and oxygen atoms in total. The van der Waals surface area contributed by atoms with Gasteiger partial charge in [0.15, 0.2) is 0 Å². The first kappa shape index (κ1) is 13.2. The summed E-state index contributed by atoms with van der Waals surface area (Å²) in [7, 11) is 0. The third-order valence-corrected chi connectivity index (χ3v) is 3.15. The van der Waals surface area contributed by atoms with Crippen molar-refractivity contribution in [3.8, 4) is 6.07 Å². The summed E-state index contributed by atoms with van der Waals surface area (Å²) >= 11 is 0. The number of benzene rings is 1. The number of rotatable bonds is 5. The summed E-state index contributed by atoms with van der Waals surface area (Å²) in [5, 5.41) is 19.6. The first-order valence-corrected chi connectivity index (χ1v) is 5.71. The van der Waals surface area contributed by atoms with Crippen LogP contribution >= 0.6 is 0 Å². The zero-order valence-corrected chi connectivity index (χ0v) is 10.1. The molecule has 17 heavy (non-hydrogen) atoms. The highest BCUT2D eigenvalue weighted by Gasteiger charge is 2.19. The molecule has 0 aliphatic rings. The number of nitrogens with zero attached hydrogens (tertiary/aromatic N) is 2. The van der Waals surface area contributed by atoms with E-state index in [-0.39, 0.29) is 11.6 Å². The maximum atomic E-state index is 10.7. The van der Waals surface area contributed by atoms with Gasteiger partial charge in [-0.2, -0.15) is 5.26 Å². The van der Waals surface area contributed by atoms with E-state index < -0.39 is 4.92 Å². The van der Waals surface area contributed by atoms with E-state index in [1.165, 1.54) is 6.07 Å². The lowest BCUT2D eigenvalue weighted by Gasteiger charge is -2.20. The van der Waals surface area contributed by atoms with Crippen LogP contribution in [-0.4, -0.2) is 4.92 Å². The topological polar surface area (TPSA) is 66.9 Å². The minimum Gasteiger partial charge on any atom is -0.258 e. The number of hydrogen-bond acceptors (Lipinski definition) is 3. The lowest BCUT2D eigenvalue weighted by molar-refractivity contribution is -0.384. The van der Waals surface area contributed by atoms with Crippen LogP contribution in [-0.2, 0) is 0 Å². The van der Waals surface area contributed by atoms with Crippen LogP contribution in [0.25, 0.3) is 0 Å². The van der Waals surface area contributed by atoms with Gasteiger partial charge >= 0.3 is 0 Å². The van der Waals surface area contributed by atoms with Gasteiger partial charge in [-0.3, -0.25) is 10.1 Å². The zero-order valence-electron chi connectivity index (χ0n) is 10.1. The van der Waals surface area contributed by atoms with Crippen LogP contribution in [0, 0.1) is 27.4 Å². The Hall–Kier alpha value is -1.89. The number of nitro benzene ring substituents is 1. The van der Waals surface area contributed by atoms with Crippen LogP contribution in [0.15, 0.2) is 24.3 Å². The van der Waals surface area contributed by atoms with Crippen molar-refractivity contribution in [2.24, 2.45) is 5.92 Å². The smallest absolute Gasteiger partial charge is 0.258 e. The lowest BCUT2D eigenvalue weighted by Crippen LogP contribution is -2.08. The number of non-ortho nitro benzene ring substituents is 1. The molecule has 0 bridgehead atoms. The largest absolute Gasteiger partial charge is 0.269 e. The van der Waals surface area contributed by atoms with Crippen LogP contribution in [0.4, 0.5) is 5.69 Å². The van der Waals surface area contributed by atoms with Crippen molar-refractivity contribution in [2.45, 2.75) is 32.6 Å². The Morgan fingerprint density at radius 2 is 2.24 bits per heavy atom. The summed E-state index contributed by atoms with van der Waals surface area (Å²) in [5.74, 6) is 0.418. The highest BCUT2D eigenvalue weighted by molar-refractivity contribution is 5.36. The van der Waals surface area contributed by atoms with Gasteiger partial charge in [0.1, 0.15) is 0 Å². The van der Waals surface area contributed by atoms with Gasteiger partial charge in [0.05, 0.1) is 11.0 Å². The molecule has 0 aliphatic carbocycles. The maximum Gasteiger partial charge on any atom is 0.269 e. The first-order valence-electron chi connectivity index (χ1n) is 5.71. The fraction of sp³-hybridized carbons (Fsp3) is 0.462. The Morgan fingerprint density at radius 3 is 2.76 bits per heavy atom. The molecule has 0 fully saturated rings. The summed E-state index contributed by atoms with van der Waals surface area (Å²) in [5.41, 5.74) is 0.976. The molecule has 1 rings (SSSR count). The highest BCUT2D eigenvalue weighted by Crippen LogP contribution is 2.31. The third-order valence-electron chi connectivity index (χ3n) is 3.15. The second-order valence-electron chi connectivity index (χ2n) is 4.21. The predicted octanol–water partition coefficient (Wildman–Crippen LogP) is 3.64. The summed E-state index contributed by atoms with van der Waals surface area (Å²) in [6, 6.07) is 8.76. The van der Waals surface area contributed by atoms with Gasteiger partial charge in [0.2, 0.25) is 0 Å². The molecule has 2 atom stereocenters. The van der Waals surface area contributed by atoms with Gasteiger partial charge in [0.25, 0.3) is 5.69 Å². The number of hydrogen-bond donors (Lipinski definition) is 0. The average Bonchev–Trinajstić information content (AvgIpc) is 2.35. The minimum absolute atomic E-state index is 0.0740. The Bertz CT molecular complexity index is 437. The normalized spacial score (nSPS) is 13.7. The van der Waals surface area contributed by atoms with Crippen molar-refractivity contribution in [2.75, 3.05) is 0 Å². The molecular weight excluding hydrogens is 216 g/mol. The Balaban J connectivity index is 3.06. The van der Waals surface area contributed by atoms with E-state index in [4.69, 9.17) is 5.26 Å². The van der Waals surface area contributed by atoms with Crippen molar-refractivity contribution < 1.29 is 4.92 Å². The van der Waals surface area contributed by atoms with Crippen molar-refractivity contribution in [3.05, 3.63) is 39.9 Å². The molecule has 0 spiro atoms. The Labute approximate surface area is 101 Å². The fourth-order valence-electron chi connectivity index (χ4n) is 1.90. The molecule has 0 aliphatic heterocycles. The summed E-state index contributed by atoms with van der Waals surface area (Å²) in [4.78, 5) is 10.3. The van der Waals surface area contributed by atoms with E-state index in [0.717, 1.165) is 12.0 Å². The lowest BCUT2D eigenvalue weighted by atomic mass is 9.83. The molecule has 4 heteroatoms. The van der Waals surface area contributed by atoms with Crippen LogP contribution in [0.1, 0.15) is 38.2 Å². The first-order chi connectivity index (χ1) is 8.10. The third kappa shape index (κ3) is 3.28. The van der Waals surface area contributed by atoms with Gasteiger partial charge in [-0.25, -0.2) is 0 Å². The van der Waals surface area contributed by atoms with Crippen LogP contribution in [0.5, 0.6) is 0 Å². The standard InChI is InChI=1S/C13H16N2O2/c1-3-10(2)13(7-8-14)11-5-4-6-12(9-11)15(16)17/h4-6,9-10,13H,3,7H2,1-2H3. The summed E-state index contributed by atoms with van der Waals surface area (Å²) in [6.07, 6.45) is 1.35. The highest BCUT2D eigenvalue weighted by atomic mass is 16.6. The molecule has 0 heterocycles. The second kappa shape index (κ2) is 6.00. The molecule has 0 saturated carbocycles. The molecule has 0 saturated heterocycles. The van der Waals surface area contributed by atoms with E-state index >= 15 is 0 Å². The molecule has 0 radical (unpaired) electrons. The van der Waals surface area contributed by atoms with Gasteiger partial charge in [-0.1, -0.05) is 32.4 Å². The summed E-state index contributed by atoms with van der Waals surface area (Å²) < 4.78 is 0. The van der Waals surface area contributed by atoms with Crippen molar-refractivity contribution in [1.82, 2.24) is 0 Å². The molecule has 90 valence electrons. The molecular formula is C13H16N2O2. The SMILES string of the molecule is CCC(C)C(CC#N)c1cccc([N+](=O)[O-])c1. The summed E-state index contributed by atoms with van der Waals surface area (Å²) in [6.45, 7) is 4.13. The van der Waals surface area contributed by atoms with Gasteiger partial charge in [0, 0.05) is 18.6 Å². The van der Waals surface area contributed by atoms with Gasteiger partial charge < -0.3 is 0 Å². The molecule has 0 aromatic heterocycles. The molecule has 0 N–H and O–H groups in total. The van der Waals surface area contributed by atoms with E-state index in [1.807, 2.05) is 6.07 Å². The predicted molar refractivity (Wildman–Crippen MR) is 65.5 cm³/mol. The van der Waals surface area contributed by atoms with E-state index in [2.05, 4.69) is 19.9 Å². The molecule has 1 aromatic rings. The van der Waals surface area contributed by atoms with Gasteiger partial charge in [-0.05, 0) is 17.4 Å².